The molecular weight excluding hydrogens is 286 g/mol. The van der Waals surface area contributed by atoms with Crippen molar-refractivity contribution in [2.24, 2.45) is 0 Å². The van der Waals surface area contributed by atoms with E-state index < -0.39 is 0 Å². The van der Waals surface area contributed by atoms with Gasteiger partial charge >= 0.3 is 6.03 Å². The second-order valence-electron chi connectivity index (χ2n) is 4.85. The molecule has 1 aromatic heterocycles. The first-order chi connectivity index (χ1) is 9.95. The van der Waals surface area contributed by atoms with Crippen molar-refractivity contribution in [3.05, 3.63) is 39.9 Å². The lowest BCUT2D eigenvalue weighted by Crippen LogP contribution is -2.32. The highest BCUT2D eigenvalue weighted by molar-refractivity contribution is 7.15. The van der Waals surface area contributed by atoms with Gasteiger partial charge in [0.1, 0.15) is 5.75 Å². The lowest BCUT2D eigenvalue weighted by Gasteiger charge is -2.10. The van der Waals surface area contributed by atoms with Crippen LogP contribution in [0.4, 0.5) is 9.93 Å². The zero-order chi connectivity index (χ0) is 15.4. The third-order valence-corrected chi connectivity index (χ3v) is 4.03. The Morgan fingerprint density at radius 1 is 1.29 bits per heavy atom. The van der Waals surface area contributed by atoms with Gasteiger partial charge in [0.15, 0.2) is 11.9 Å². The fourth-order valence-corrected chi connectivity index (χ4v) is 2.62. The number of benzene rings is 1. The van der Waals surface area contributed by atoms with Gasteiger partial charge in [-0.15, -0.1) is 11.3 Å². The van der Waals surface area contributed by atoms with Crippen molar-refractivity contribution in [2.75, 3.05) is 12.0 Å². The molecule has 0 unspecified atom stereocenters. The van der Waals surface area contributed by atoms with Crippen LogP contribution < -0.4 is 15.4 Å². The first-order valence-corrected chi connectivity index (χ1v) is 7.46. The lowest BCUT2D eigenvalue weighted by atomic mass is 10.1. The molecule has 0 saturated heterocycles. The Morgan fingerprint density at radius 3 is 2.67 bits per heavy atom. The van der Waals surface area contributed by atoms with Crippen LogP contribution in [0.3, 0.4) is 0 Å². The summed E-state index contributed by atoms with van der Waals surface area (Å²) in [7, 11) is 0. The number of anilines is 1. The number of urea groups is 1. The summed E-state index contributed by atoms with van der Waals surface area (Å²) < 4.78 is 5.54. The zero-order valence-corrected chi connectivity index (χ0v) is 13.4. The quantitative estimate of drug-likeness (QED) is 0.849. The monoisotopic (exact) mass is 305 g/mol. The van der Waals surface area contributed by atoms with Crippen molar-refractivity contribution in [3.63, 3.8) is 0 Å². The highest BCUT2D eigenvalue weighted by Crippen LogP contribution is 2.21. The molecule has 5 nitrogen and oxygen atoms in total. The average Bonchev–Trinajstić information content (AvgIpc) is 2.71. The van der Waals surface area contributed by atoms with Gasteiger partial charge in [0.25, 0.3) is 0 Å². The minimum atomic E-state index is -0.325. The number of hydrogen-bond donors (Lipinski definition) is 2. The van der Waals surface area contributed by atoms with Crippen LogP contribution in [0.15, 0.2) is 18.2 Å². The van der Waals surface area contributed by atoms with Gasteiger partial charge in [0, 0.05) is 4.88 Å². The van der Waals surface area contributed by atoms with Gasteiger partial charge in [-0.1, -0.05) is 17.7 Å². The maximum absolute atomic E-state index is 11.7. The first kappa shape index (κ1) is 15.3. The van der Waals surface area contributed by atoms with Gasteiger partial charge in [-0.3, -0.25) is 5.32 Å². The van der Waals surface area contributed by atoms with Crippen LogP contribution >= 0.6 is 11.3 Å². The second kappa shape index (κ2) is 6.58. The van der Waals surface area contributed by atoms with E-state index in [1.165, 1.54) is 16.9 Å². The largest absolute Gasteiger partial charge is 0.473 e. The van der Waals surface area contributed by atoms with E-state index in [2.05, 4.69) is 15.6 Å². The summed E-state index contributed by atoms with van der Waals surface area (Å²) in [6, 6.07) is 5.59. The number of nitrogens with one attached hydrogen (secondary N) is 2. The standard InChI is InChI=1S/C15H19N3O2S/c1-9-5-6-13(10(2)7-9)20-8-16-14(19)18-15-17-11(3)12(4)21-15/h5-7H,8H2,1-4H3,(H2,16,17,18,19). The van der Waals surface area contributed by atoms with Crippen molar-refractivity contribution >= 4 is 22.5 Å². The molecule has 2 rings (SSSR count). The molecule has 2 N–H and O–H groups in total. The average molecular weight is 305 g/mol. The fraction of sp³-hybridized carbons (Fsp3) is 0.333. The van der Waals surface area contributed by atoms with E-state index >= 15 is 0 Å². The van der Waals surface area contributed by atoms with Crippen molar-refractivity contribution < 1.29 is 9.53 Å². The summed E-state index contributed by atoms with van der Waals surface area (Å²) in [6.45, 7) is 8.00. The number of nitrogens with zero attached hydrogens (tertiary/aromatic N) is 1. The Bertz CT molecular complexity index is 633. The predicted octanol–water partition coefficient (Wildman–Crippen LogP) is 3.53. The number of carbonyl (C=O) groups excluding carboxylic acids is 1. The molecular formula is C15H19N3O2S. The maximum atomic E-state index is 11.7. The van der Waals surface area contributed by atoms with Gasteiger partial charge in [-0.25, -0.2) is 9.78 Å². The molecule has 0 fully saturated rings. The third kappa shape index (κ3) is 4.19. The van der Waals surface area contributed by atoms with Crippen molar-refractivity contribution in [1.82, 2.24) is 10.3 Å². The highest BCUT2D eigenvalue weighted by atomic mass is 32.1. The summed E-state index contributed by atoms with van der Waals surface area (Å²) in [6.07, 6.45) is 0. The zero-order valence-electron chi connectivity index (χ0n) is 12.6. The number of thiazole rings is 1. The Labute approximate surface area is 128 Å². The molecule has 0 aliphatic carbocycles. The van der Waals surface area contributed by atoms with Crippen LogP contribution in [0.2, 0.25) is 0 Å². The maximum Gasteiger partial charge on any atom is 0.323 e. The SMILES string of the molecule is Cc1ccc(OCNC(=O)Nc2nc(C)c(C)s2)c(C)c1. The van der Waals surface area contributed by atoms with E-state index in [9.17, 15) is 4.79 Å². The van der Waals surface area contributed by atoms with Crippen LogP contribution in [0.5, 0.6) is 5.75 Å². The number of rotatable bonds is 4. The van der Waals surface area contributed by atoms with E-state index in [1.807, 2.05) is 45.9 Å². The number of carbonyl (C=O) groups is 1. The van der Waals surface area contributed by atoms with E-state index in [0.29, 0.717) is 5.13 Å². The smallest absolute Gasteiger partial charge is 0.323 e. The predicted molar refractivity (Wildman–Crippen MR) is 85.2 cm³/mol. The van der Waals surface area contributed by atoms with Crippen LogP contribution in [0.25, 0.3) is 0 Å². The minimum absolute atomic E-state index is 0.110. The molecule has 21 heavy (non-hydrogen) atoms. The van der Waals surface area contributed by atoms with Crippen molar-refractivity contribution in [1.29, 1.82) is 0 Å². The summed E-state index contributed by atoms with van der Waals surface area (Å²) in [5.41, 5.74) is 3.16. The van der Waals surface area contributed by atoms with Gasteiger partial charge in [0.2, 0.25) is 0 Å². The molecule has 0 spiro atoms. The molecule has 6 heteroatoms. The summed E-state index contributed by atoms with van der Waals surface area (Å²) in [5.74, 6) is 0.766. The van der Waals surface area contributed by atoms with E-state index in [-0.39, 0.29) is 12.8 Å². The van der Waals surface area contributed by atoms with Gasteiger partial charge in [0.05, 0.1) is 5.69 Å². The van der Waals surface area contributed by atoms with Crippen LogP contribution in [0.1, 0.15) is 21.7 Å². The Balaban J connectivity index is 1.81. The summed E-state index contributed by atoms with van der Waals surface area (Å²) in [5, 5.41) is 5.93. The Morgan fingerprint density at radius 2 is 2.05 bits per heavy atom. The fourth-order valence-electron chi connectivity index (χ4n) is 1.81. The minimum Gasteiger partial charge on any atom is -0.473 e. The summed E-state index contributed by atoms with van der Waals surface area (Å²) >= 11 is 1.45. The van der Waals surface area contributed by atoms with Crippen LogP contribution in [-0.4, -0.2) is 17.7 Å². The number of aryl methyl sites for hydroxylation is 4. The van der Waals surface area contributed by atoms with Gasteiger partial charge < -0.3 is 10.1 Å². The van der Waals surface area contributed by atoms with Gasteiger partial charge in [-0.2, -0.15) is 0 Å². The molecule has 0 aliphatic heterocycles. The van der Waals surface area contributed by atoms with Gasteiger partial charge in [-0.05, 0) is 39.3 Å². The number of amides is 2. The molecule has 1 heterocycles. The second-order valence-corrected chi connectivity index (χ2v) is 6.05. The normalized spacial score (nSPS) is 10.3. The molecule has 2 aromatic rings. The number of ether oxygens (including phenoxy) is 1. The third-order valence-electron chi connectivity index (χ3n) is 3.04. The van der Waals surface area contributed by atoms with Crippen molar-refractivity contribution in [2.45, 2.75) is 27.7 Å². The van der Waals surface area contributed by atoms with Crippen molar-refractivity contribution in [3.8, 4) is 5.75 Å². The van der Waals surface area contributed by atoms with E-state index in [1.54, 1.807) is 0 Å². The first-order valence-electron chi connectivity index (χ1n) is 6.64. The van der Waals surface area contributed by atoms with E-state index in [0.717, 1.165) is 21.9 Å². The molecule has 0 aliphatic rings. The number of hydrogen-bond acceptors (Lipinski definition) is 4. The molecule has 0 bridgehead atoms. The molecule has 0 saturated carbocycles. The molecule has 0 radical (unpaired) electrons. The molecule has 1 aromatic carbocycles. The van der Waals surface area contributed by atoms with Crippen LogP contribution in [0, 0.1) is 27.7 Å². The van der Waals surface area contributed by atoms with Crippen LogP contribution in [-0.2, 0) is 0 Å². The Hall–Kier alpha value is -2.08. The topological polar surface area (TPSA) is 63.2 Å². The lowest BCUT2D eigenvalue weighted by molar-refractivity contribution is 0.234. The summed E-state index contributed by atoms with van der Waals surface area (Å²) in [4.78, 5) is 17.1. The molecule has 2 amide bonds. The van der Waals surface area contributed by atoms with E-state index in [4.69, 9.17) is 4.74 Å². The Kier molecular flexibility index (Phi) is 4.80. The molecule has 112 valence electrons. The number of aromatic nitrogens is 1. The molecule has 0 atom stereocenters. The highest BCUT2D eigenvalue weighted by Gasteiger charge is 2.07.